The van der Waals surface area contributed by atoms with Crippen LogP contribution < -0.4 is 0 Å². The van der Waals surface area contributed by atoms with Crippen molar-refractivity contribution in [3.63, 3.8) is 0 Å². The Hall–Kier alpha value is -1.92. The Bertz CT molecular complexity index is 762. The van der Waals surface area contributed by atoms with Crippen molar-refractivity contribution in [2.24, 2.45) is 0 Å². The maximum atomic E-state index is 12.8. The number of fused-ring (bicyclic) bond motifs is 1. The van der Waals surface area contributed by atoms with Crippen molar-refractivity contribution in [2.45, 2.75) is 44.3 Å². The van der Waals surface area contributed by atoms with Gasteiger partial charge in [-0.1, -0.05) is 6.07 Å². The Kier molecular flexibility index (Phi) is 3.81. The molecule has 2 aliphatic heterocycles. The van der Waals surface area contributed by atoms with Gasteiger partial charge in [0.1, 0.15) is 11.3 Å². The fourth-order valence-corrected chi connectivity index (χ4v) is 3.89. The van der Waals surface area contributed by atoms with Crippen molar-refractivity contribution in [1.82, 2.24) is 14.3 Å². The number of hydrogen-bond acceptors (Lipinski definition) is 4. The topological polar surface area (TPSA) is 67.1 Å². The van der Waals surface area contributed by atoms with Crippen molar-refractivity contribution in [3.8, 4) is 0 Å². The summed E-state index contributed by atoms with van der Waals surface area (Å²) in [6, 6.07) is 5.84. The van der Waals surface area contributed by atoms with E-state index < -0.39 is 11.7 Å². The van der Waals surface area contributed by atoms with E-state index in [4.69, 9.17) is 4.74 Å². The fourth-order valence-electron chi connectivity index (χ4n) is 3.89. The molecule has 128 valence electrons. The molecule has 1 amide bonds. The molecule has 24 heavy (non-hydrogen) atoms. The predicted octanol–water partition coefficient (Wildman–Crippen LogP) is 1.79. The lowest BCUT2D eigenvalue weighted by atomic mass is 9.82. The lowest BCUT2D eigenvalue weighted by Crippen LogP contribution is -2.56. The number of ether oxygens (including phenoxy) is 1. The van der Waals surface area contributed by atoms with Gasteiger partial charge in [-0.05, 0) is 44.7 Å². The van der Waals surface area contributed by atoms with Crippen LogP contribution in [0.1, 0.15) is 41.9 Å². The standard InChI is InChI=1S/C18H23N3O3/c1-13-4-2-6-16-19-14(12-21(13)16)17(23)20-9-7-18(8-10-20)15(22)5-3-11-24-18/h2,4,6,12,15,22H,3,5,7-11H2,1H3/t15-/m0/s1. The summed E-state index contributed by atoms with van der Waals surface area (Å²) in [5, 5.41) is 10.3. The molecule has 6 heteroatoms. The van der Waals surface area contributed by atoms with Crippen LogP contribution in [0.3, 0.4) is 0 Å². The van der Waals surface area contributed by atoms with Crippen molar-refractivity contribution in [1.29, 1.82) is 0 Å². The van der Waals surface area contributed by atoms with E-state index >= 15 is 0 Å². The SMILES string of the molecule is Cc1cccc2nc(C(=O)N3CCC4(CC3)OCCC[C@@H]4O)cn12. The number of hydrogen-bond donors (Lipinski definition) is 1. The van der Waals surface area contributed by atoms with Crippen molar-refractivity contribution in [3.05, 3.63) is 35.8 Å². The highest BCUT2D eigenvalue weighted by atomic mass is 16.5. The van der Waals surface area contributed by atoms with E-state index in [9.17, 15) is 9.90 Å². The largest absolute Gasteiger partial charge is 0.390 e. The number of aliphatic hydroxyl groups is 1. The maximum Gasteiger partial charge on any atom is 0.274 e. The fraction of sp³-hybridized carbons (Fsp3) is 0.556. The number of nitrogens with zero attached hydrogens (tertiary/aromatic N) is 3. The van der Waals surface area contributed by atoms with Crippen LogP contribution in [0.5, 0.6) is 0 Å². The van der Waals surface area contributed by atoms with E-state index in [-0.39, 0.29) is 5.91 Å². The van der Waals surface area contributed by atoms with Crippen LogP contribution in [0.2, 0.25) is 0 Å². The normalized spacial score (nSPS) is 23.8. The van der Waals surface area contributed by atoms with Crippen molar-refractivity contribution >= 4 is 11.6 Å². The first kappa shape index (κ1) is 15.6. The quantitative estimate of drug-likeness (QED) is 0.866. The van der Waals surface area contributed by atoms with E-state index in [1.165, 1.54) is 0 Å². The number of rotatable bonds is 1. The molecule has 0 saturated carbocycles. The van der Waals surface area contributed by atoms with Crippen molar-refractivity contribution in [2.75, 3.05) is 19.7 Å². The van der Waals surface area contributed by atoms with Crippen LogP contribution in [0.15, 0.2) is 24.4 Å². The Morgan fingerprint density at radius 3 is 2.88 bits per heavy atom. The molecule has 0 aliphatic carbocycles. The van der Waals surface area contributed by atoms with Gasteiger partial charge in [-0.15, -0.1) is 0 Å². The molecular formula is C18H23N3O3. The summed E-state index contributed by atoms with van der Waals surface area (Å²) < 4.78 is 7.85. The summed E-state index contributed by atoms with van der Waals surface area (Å²) in [5.74, 6) is -0.0433. The number of aryl methyl sites for hydroxylation is 1. The third kappa shape index (κ3) is 2.50. The molecule has 2 aromatic rings. The Morgan fingerprint density at radius 1 is 1.38 bits per heavy atom. The first-order valence-corrected chi connectivity index (χ1v) is 8.65. The molecule has 4 rings (SSSR count). The van der Waals surface area contributed by atoms with Crippen LogP contribution in [0.4, 0.5) is 0 Å². The number of aliphatic hydroxyl groups excluding tert-OH is 1. The molecule has 2 saturated heterocycles. The number of imidazole rings is 1. The Balaban J connectivity index is 1.50. The highest BCUT2D eigenvalue weighted by Gasteiger charge is 2.44. The number of pyridine rings is 1. The van der Waals surface area contributed by atoms with Gasteiger partial charge in [-0.2, -0.15) is 0 Å². The van der Waals surface area contributed by atoms with E-state index in [2.05, 4.69) is 4.98 Å². The van der Waals surface area contributed by atoms with Crippen LogP contribution in [-0.2, 0) is 4.74 Å². The lowest BCUT2D eigenvalue weighted by Gasteiger charge is -2.46. The number of aromatic nitrogens is 2. The summed E-state index contributed by atoms with van der Waals surface area (Å²) in [6.07, 6.45) is 4.47. The average Bonchev–Trinajstić information content (AvgIpc) is 3.03. The van der Waals surface area contributed by atoms with E-state index in [1.54, 1.807) is 0 Å². The lowest BCUT2D eigenvalue weighted by molar-refractivity contribution is -0.174. The molecule has 0 bridgehead atoms. The molecule has 2 aromatic heterocycles. The van der Waals surface area contributed by atoms with Gasteiger partial charge in [0.05, 0.1) is 11.7 Å². The zero-order chi connectivity index (χ0) is 16.7. The van der Waals surface area contributed by atoms with Gasteiger partial charge < -0.3 is 19.1 Å². The minimum atomic E-state index is -0.454. The number of likely N-dealkylation sites (tertiary alicyclic amines) is 1. The predicted molar refractivity (Wildman–Crippen MR) is 89.0 cm³/mol. The Labute approximate surface area is 141 Å². The minimum absolute atomic E-state index is 0.0433. The number of carbonyl (C=O) groups is 1. The van der Waals surface area contributed by atoms with Gasteiger partial charge in [0.15, 0.2) is 0 Å². The second-order valence-electron chi connectivity index (χ2n) is 6.88. The van der Waals surface area contributed by atoms with Crippen LogP contribution in [0.25, 0.3) is 5.65 Å². The molecule has 1 atom stereocenters. The summed E-state index contributed by atoms with van der Waals surface area (Å²) >= 11 is 0. The zero-order valence-corrected chi connectivity index (χ0v) is 13.9. The van der Waals surface area contributed by atoms with Gasteiger partial charge in [-0.3, -0.25) is 4.79 Å². The number of piperidine rings is 1. The summed E-state index contributed by atoms with van der Waals surface area (Å²) in [5.41, 5.74) is 1.86. The third-order valence-corrected chi connectivity index (χ3v) is 5.43. The molecule has 1 spiro atoms. The maximum absolute atomic E-state index is 12.8. The van der Waals surface area contributed by atoms with Gasteiger partial charge >= 0.3 is 0 Å². The summed E-state index contributed by atoms with van der Waals surface area (Å²) in [4.78, 5) is 19.1. The smallest absolute Gasteiger partial charge is 0.274 e. The van der Waals surface area contributed by atoms with Gasteiger partial charge in [0.25, 0.3) is 5.91 Å². The first-order valence-electron chi connectivity index (χ1n) is 8.65. The molecule has 2 aliphatic rings. The van der Waals surface area contributed by atoms with Crippen LogP contribution in [-0.4, -0.2) is 56.7 Å². The molecule has 4 heterocycles. The highest BCUT2D eigenvalue weighted by molar-refractivity contribution is 5.93. The van der Waals surface area contributed by atoms with Crippen molar-refractivity contribution < 1.29 is 14.6 Å². The van der Waals surface area contributed by atoms with Crippen LogP contribution >= 0.6 is 0 Å². The molecule has 0 unspecified atom stereocenters. The first-order chi connectivity index (χ1) is 11.6. The molecule has 2 fully saturated rings. The average molecular weight is 329 g/mol. The number of carbonyl (C=O) groups excluding carboxylic acids is 1. The van der Waals surface area contributed by atoms with Crippen LogP contribution in [0, 0.1) is 6.92 Å². The van der Waals surface area contributed by atoms with Gasteiger partial charge in [0, 0.05) is 31.6 Å². The van der Waals surface area contributed by atoms with E-state index in [0.29, 0.717) is 38.2 Å². The highest BCUT2D eigenvalue weighted by Crippen LogP contribution is 2.35. The van der Waals surface area contributed by atoms with Gasteiger partial charge in [0.2, 0.25) is 0 Å². The third-order valence-electron chi connectivity index (χ3n) is 5.43. The molecule has 6 nitrogen and oxygen atoms in total. The summed E-state index contributed by atoms with van der Waals surface area (Å²) in [7, 11) is 0. The Morgan fingerprint density at radius 2 is 2.17 bits per heavy atom. The second kappa shape index (κ2) is 5.86. The van der Waals surface area contributed by atoms with E-state index in [1.807, 2.05) is 40.6 Å². The zero-order valence-electron chi connectivity index (χ0n) is 13.9. The second-order valence-corrected chi connectivity index (χ2v) is 6.88. The monoisotopic (exact) mass is 329 g/mol. The summed E-state index contributed by atoms with van der Waals surface area (Å²) in [6.45, 7) is 3.90. The molecular weight excluding hydrogens is 306 g/mol. The van der Waals surface area contributed by atoms with E-state index in [0.717, 1.165) is 24.2 Å². The number of amides is 1. The molecule has 1 N–H and O–H groups in total. The molecule has 0 radical (unpaired) electrons. The minimum Gasteiger partial charge on any atom is -0.390 e. The van der Waals surface area contributed by atoms with Gasteiger partial charge in [-0.25, -0.2) is 4.98 Å². The molecule has 0 aromatic carbocycles.